The van der Waals surface area contributed by atoms with Crippen LogP contribution in [-0.2, 0) is 0 Å². The average Bonchev–Trinajstić information content (AvgIpc) is 2.98. The maximum absolute atomic E-state index is 5.53. The molecule has 0 spiro atoms. The van der Waals surface area contributed by atoms with Gasteiger partial charge >= 0.3 is 0 Å². The molecule has 0 saturated heterocycles. The molecule has 1 aliphatic rings. The molecule has 3 heteroatoms. The van der Waals surface area contributed by atoms with Crippen LogP contribution in [-0.4, -0.2) is 9.97 Å². The van der Waals surface area contributed by atoms with Crippen LogP contribution >= 0.6 is 12.2 Å². The van der Waals surface area contributed by atoms with Crippen molar-refractivity contribution in [1.29, 1.82) is 0 Å². The predicted molar refractivity (Wildman–Crippen MR) is 90.1 cm³/mol. The highest BCUT2D eigenvalue weighted by atomic mass is 32.1. The number of H-pyrrole nitrogens is 1. The SMILES string of the molecule is C=Cc1c(C2C(=S)Nc3ccccc32)c[nH]c1/C=C\C. The molecule has 0 saturated carbocycles. The number of anilines is 1. The van der Waals surface area contributed by atoms with Crippen LogP contribution in [0.2, 0.25) is 0 Å². The van der Waals surface area contributed by atoms with Crippen LogP contribution in [0.4, 0.5) is 5.69 Å². The Bertz CT molecular complexity index is 710. The third kappa shape index (κ3) is 1.91. The summed E-state index contributed by atoms with van der Waals surface area (Å²) in [5.41, 5.74) is 5.70. The van der Waals surface area contributed by atoms with E-state index >= 15 is 0 Å². The highest BCUT2D eigenvalue weighted by molar-refractivity contribution is 7.80. The number of fused-ring (bicyclic) bond motifs is 1. The molecule has 0 fully saturated rings. The van der Waals surface area contributed by atoms with Gasteiger partial charge in [0.1, 0.15) is 0 Å². The van der Waals surface area contributed by atoms with Crippen LogP contribution in [0.5, 0.6) is 0 Å². The van der Waals surface area contributed by atoms with Crippen molar-refractivity contribution >= 4 is 35.0 Å². The molecule has 3 rings (SSSR count). The fourth-order valence-electron chi connectivity index (χ4n) is 2.76. The smallest absolute Gasteiger partial charge is 0.0919 e. The van der Waals surface area contributed by atoms with E-state index < -0.39 is 0 Å². The lowest BCUT2D eigenvalue weighted by molar-refractivity contribution is 1.13. The number of benzene rings is 1. The number of allylic oxidation sites excluding steroid dienone is 1. The maximum atomic E-state index is 5.53. The molecule has 1 atom stereocenters. The summed E-state index contributed by atoms with van der Waals surface area (Å²) in [6.07, 6.45) is 8.00. The molecule has 1 aromatic carbocycles. The van der Waals surface area contributed by atoms with Gasteiger partial charge < -0.3 is 10.3 Å². The summed E-state index contributed by atoms with van der Waals surface area (Å²) >= 11 is 5.53. The third-order valence-corrected chi connectivity index (χ3v) is 3.96. The number of rotatable bonds is 3. The monoisotopic (exact) mass is 280 g/mol. The minimum Gasteiger partial charge on any atom is -0.361 e. The van der Waals surface area contributed by atoms with E-state index in [2.05, 4.69) is 41.2 Å². The van der Waals surface area contributed by atoms with Gasteiger partial charge in [0, 0.05) is 23.1 Å². The Morgan fingerprint density at radius 1 is 1.25 bits per heavy atom. The summed E-state index contributed by atoms with van der Waals surface area (Å²) in [6.45, 7) is 5.95. The lowest BCUT2D eigenvalue weighted by Crippen LogP contribution is -2.11. The van der Waals surface area contributed by atoms with Gasteiger partial charge in [0.25, 0.3) is 0 Å². The Morgan fingerprint density at radius 2 is 2.05 bits per heavy atom. The van der Waals surface area contributed by atoms with Crippen LogP contribution in [0, 0.1) is 0 Å². The normalized spacial score (nSPS) is 17.2. The molecule has 2 heterocycles. The summed E-state index contributed by atoms with van der Waals surface area (Å²) in [7, 11) is 0. The van der Waals surface area contributed by atoms with Crippen LogP contribution in [0.15, 0.2) is 43.1 Å². The average molecular weight is 280 g/mol. The minimum absolute atomic E-state index is 0.101. The molecule has 0 aliphatic carbocycles. The van der Waals surface area contributed by atoms with Crippen molar-refractivity contribution in [3.05, 3.63) is 65.5 Å². The number of nitrogens with one attached hydrogen (secondary N) is 2. The first-order chi connectivity index (χ1) is 9.76. The van der Waals surface area contributed by atoms with E-state index in [1.807, 2.05) is 31.3 Å². The Morgan fingerprint density at radius 3 is 2.80 bits per heavy atom. The number of thiocarbonyl (C=S) groups is 1. The quantitative estimate of drug-likeness (QED) is 0.806. The summed E-state index contributed by atoms with van der Waals surface area (Å²) in [6, 6.07) is 8.26. The maximum Gasteiger partial charge on any atom is 0.0919 e. The standard InChI is InChI=1S/C17H16N2S/c1-3-7-14-11(4-2)13(10-18-14)16-12-8-5-6-9-15(12)19-17(16)20/h3-10,16,18H,2H2,1H3,(H,19,20)/b7-3-. The van der Waals surface area contributed by atoms with E-state index in [0.717, 1.165) is 21.9 Å². The highest BCUT2D eigenvalue weighted by Crippen LogP contribution is 2.40. The van der Waals surface area contributed by atoms with Gasteiger partial charge in [-0.1, -0.05) is 49.1 Å². The number of hydrogen-bond acceptors (Lipinski definition) is 1. The second-order valence-corrected chi connectivity index (χ2v) is 5.22. The highest BCUT2D eigenvalue weighted by Gasteiger charge is 2.30. The molecule has 0 bridgehead atoms. The number of hydrogen-bond donors (Lipinski definition) is 2. The molecule has 0 radical (unpaired) electrons. The number of aromatic amines is 1. The summed E-state index contributed by atoms with van der Waals surface area (Å²) in [4.78, 5) is 4.16. The van der Waals surface area contributed by atoms with Crippen LogP contribution < -0.4 is 5.32 Å². The lowest BCUT2D eigenvalue weighted by Gasteiger charge is -2.10. The summed E-state index contributed by atoms with van der Waals surface area (Å²) in [5, 5.41) is 3.30. The van der Waals surface area contributed by atoms with Crippen LogP contribution in [0.25, 0.3) is 12.2 Å². The van der Waals surface area contributed by atoms with E-state index in [1.165, 1.54) is 11.1 Å². The first kappa shape index (κ1) is 12.9. The van der Waals surface area contributed by atoms with E-state index in [-0.39, 0.29) is 5.92 Å². The molecule has 2 nitrogen and oxygen atoms in total. The first-order valence-corrected chi connectivity index (χ1v) is 7.03. The first-order valence-electron chi connectivity index (χ1n) is 6.62. The predicted octanol–water partition coefficient (Wildman–Crippen LogP) is 4.58. The van der Waals surface area contributed by atoms with E-state index in [4.69, 9.17) is 12.2 Å². The topological polar surface area (TPSA) is 27.8 Å². The van der Waals surface area contributed by atoms with Gasteiger partial charge in [0.05, 0.1) is 10.9 Å². The summed E-state index contributed by atoms with van der Waals surface area (Å²) < 4.78 is 0. The van der Waals surface area contributed by atoms with Gasteiger partial charge in [-0.05, 0) is 30.2 Å². The Hall–Kier alpha value is -2.13. The second-order valence-electron chi connectivity index (χ2n) is 4.79. The van der Waals surface area contributed by atoms with Crippen molar-refractivity contribution in [3.63, 3.8) is 0 Å². The second kappa shape index (κ2) is 5.10. The zero-order valence-corrected chi connectivity index (χ0v) is 12.1. The fraction of sp³-hybridized carbons (Fsp3) is 0.118. The van der Waals surface area contributed by atoms with Crippen molar-refractivity contribution in [2.24, 2.45) is 0 Å². The fourth-order valence-corrected chi connectivity index (χ4v) is 3.12. The van der Waals surface area contributed by atoms with Crippen LogP contribution in [0.1, 0.15) is 35.2 Å². The van der Waals surface area contributed by atoms with Crippen molar-refractivity contribution in [1.82, 2.24) is 4.98 Å². The van der Waals surface area contributed by atoms with E-state index in [0.29, 0.717) is 0 Å². The third-order valence-electron chi connectivity index (χ3n) is 3.62. The van der Waals surface area contributed by atoms with Crippen molar-refractivity contribution < 1.29 is 0 Å². The molecule has 1 aliphatic heterocycles. The van der Waals surface area contributed by atoms with Gasteiger partial charge in [-0.15, -0.1) is 0 Å². The molecule has 2 aromatic rings. The van der Waals surface area contributed by atoms with Gasteiger partial charge in [-0.2, -0.15) is 0 Å². The molecule has 100 valence electrons. The van der Waals surface area contributed by atoms with Gasteiger partial charge in [0.15, 0.2) is 0 Å². The minimum atomic E-state index is 0.101. The van der Waals surface area contributed by atoms with Crippen LogP contribution in [0.3, 0.4) is 0 Å². The largest absolute Gasteiger partial charge is 0.361 e. The van der Waals surface area contributed by atoms with Crippen molar-refractivity contribution in [2.45, 2.75) is 12.8 Å². The summed E-state index contributed by atoms with van der Waals surface area (Å²) in [5.74, 6) is 0.101. The molecular formula is C17H16N2S. The molecule has 1 aromatic heterocycles. The lowest BCUT2D eigenvalue weighted by atomic mass is 9.91. The zero-order chi connectivity index (χ0) is 14.1. The number of aromatic nitrogens is 1. The Balaban J connectivity index is 2.14. The molecule has 20 heavy (non-hydrogen) atoms. The zero-order valence-electron chi connectivity index (χ0n) is 11.3. The van der Waals surface area contributed by atoms with Crippen molar-refractivity contribution in [2.75, 3.05) is 5.32 Å². The molecule has 2 N–H and O–H groups in total. The molecule has 1 unspecified atom stereocenters. The van der Waals surface area contributed by atoms with Gasteiger partial charge in [0.2, 0.25) is 0 Å². The van der Waals surface area contributed by atoms with E-state index in [1.54, 1.807) is 0 Å². The number of para-hydroxylation sites is 1. The Kier molecular flexibility index (Phi) is 3.28. The molecule has 0 amide bonds. The van der Waals surface area contributed by atoms with E-state index in [9.17, 15) is 0 Å². The van der Waals surface area contributed by atoms with Gasteiger partial charge in [-0.3, -0.25) is 0 Å². The van der Waals surface area contributed by atoms with Gasteiger partial charge in [-0.25, -0.2) is 0 Å². The Labute approximate surface area is 124 Å². The molecular weight excluding hydrogens is 264 g/mol. The van der Waals surface area contributed by atoms with Crippen molar-refractivity contribution in [3.8, 4) is 0 Å².